The summed E-state index contributed by atoms with van der Waals surface area (Å²) >= 11 is 0. The Labute approximate surface area is 106 Å². The number of rotatable bonds is 5. The minimum Gasteiger partial charge on any atom is -0.395 e. The molecule has 0 aromatic carbocycles. The van der Waals surface area contributed by atoms with Gasteiger partial charge in [-0.2, -0.15) is 0 Å². The number of aliphatic hydroxyl groups is 1. The molecule has 0 bridgehead atoms. The molecule has 2 fully saturated rings. The second kappa shape index (κ2) is 7.34. The Morgan fingerprint density at radius 1 is 1.06 bits per heavy atom. The lowest BCUT2D eigenvalue weighted by Crippen LogP contribution is -2.47. The first-order valence-corrected chi connectivity index (χ1v) is 7.45. The van der Waals surface area contributed by atoms with Crippen LogP contribution in [0.3, 0.4) is 0 Å². The topological polar surface area (TPSA) is 35.5 Å². The van der Waals surface area contributed by atoms with Crippen LogP contribution in [0.25, 0.3) is 0 Å². The van der Waals surface area contributed by atoms with E-state index in [1.165, 1.54) is 64.6 Å². The SMILES string of the molecule is OCCNC1CCCN(CC2CCCCC2)C1. The van der Waals surface area contributed by atoms with Gasteiger partial charge in [0.05, 0.1) is 6.61 Å². The van der Waals surface area contributed by atoms with Crippen molar-refractivity contribution in [3.05, 3.63) is 0 Å². The van der Waals surface area contributed by atoms with Gasteiger partial charge in [-0.05, 0) is 38.1 Å². The molecular formula is C14H28N2O. The summed E-state index contributed by atoms with van der Waals surface area (Å²) in [5, 5.41) is 12.3. The normalized spacial score (nSPS) is 28.4. The van der Waals surface area contributed by atoms with Gasteiger partial charge in [0.25, 0.3) is 0 Å². The molecule has 0 aromatic rings. The van der Waals surface area contributed by atoms with Gasteiger partial charge in [-0.25, -0.2) is 0 Å². The highest BCUT2D eigenvalue weighted by Gasteiger charge is 2.22. The molecule has 2 aliphatic rings. The molecule has 0 spiro atoms. The van der Waals surface area contributed by atoms with E-state index in [-0.39, 0.29) is 6.61 Å². The fourth-order valence-corrected chi connectivity index (χ4v) is 3.39. The van der Waals surface area contributed by atoms with Crippen molar-refractivity contribution in [1.82, 2.24) is 10.2 Å². The molecule has 1 aliphatic heterocycles. The number of nitrogens with zero attached hydrogens (tertiary/aromatic N) is 1. The summed E-state index contributed by atoms with van der Waals surface area (Å²) in [6, 6.07) is 0.611. The third-order valence-corrected chi connectivity index (χ3v) is 4.29. The van der Waals surface area contributed by atoms with Gasteiger partial charge in [0.2, 0.25) is 0 Å². The number of piperidine rings is 1. The largest absolute Gasteiger partial charge is 0.395 e. The molecule has 1 saturated heterocycles. The zero-order chi connectivity index (χ0) is 11.9. The molecule has 0 amide bonds. The second-order valence-corrected chi connectivity index (χ2v) is 5.78. The molecule has 100 valence electrons. The Hall–Kier alpha value is -0.120. The minimum atomic E-state index is 0.263. The number of hydrogen-bond donors (Lipinski definition) is 2. The Bertz CT molecular complexity index is 204. The summed E-state index contributed by atoms with van der Waals surface area (Å²) < 4.78 is 0. The third kappa shape index (κ3) is 4.57. The molecule has 3 heteroatoms. The molecule has 1 heterocycles. The number of likely N-dealkylation sites (tertiary alicyclic amines) is 1. The van der Waals surface area contributed by atoms with Gasteiger partial charge in [-0.3, -0.25) is 0 Å². The predicted molar refractivity (Wildman–Crippen MR) is 71.1 cm³/mol. The van der Waals surface area contributed by atoms with Crippen molar-refractivity contribution < 1.29 is 5.11 Å². The first-order valence-electron chi connectivity index (χ1n) is 7.45. The molecule has 0 radical (unpaired) electrons. The number of hydrogen-bond acceptors (Lipinski definition) is 3. The van der Waals surface area contributed by atoms with Crippen LogP contribution >= 0.6 is 0 Å². The van der Waals surface area contributed by atoms with Crippen molar-refractivity contribution in [2.75, 3.05) is 32.8 Å². The van der Waals surface area contributed by atoms with E-state index < -0.39 is 0 Å². The van der Waals surface area contributed by atoms with Gasteiger partial charge < -0.3 is 15.3 Å². The Kier molecular flexibility index (Phi) is 5.75. The van der Waals surface area contributed by atoms with Crippen LogP contribution in [0, 0.1) is 5.92 Å². The van der Waals surface area contributed by atoms with Crippen LogP contribution in [0.5, 0.6) is 0 Å². The molecule has 1 atom stereocenters. The third-order valence-electron chi connectivity index (χ3n) is 4.29. The first kappa shape index (κ1) is 13.3. The molecule has 2 N–H and O–H groups in total. The van der Waals surface area contributed by atoms with Crippen LogP contribution in [0.2, 0.25) is 0 Å². The average molecular weight is 240 g/mol. The van der Waals surface area contributed by atoms with E-state index in [4.69, 9.17) is 5.11 Å². The Balaban J connectivity index is 1.68. The summed E-state index contributed by atoms with van der Waals surface area (Å²) in [6.07, 6.45) is 9.85. The van der Waals surface area contributed by atoms with Crippen LogP contribution in [-0.2, 0) is 0 Å². The van der Waals surface area contributed by atoms with Gasteiger partial charge >= 0.3 is 0 Å². The highest BCUT2D eigenvalue weighted by Crippen LogP contribution is 2.25. The molecule has 0 aromatic heterocycles. The van der Waals surface area contributed by atoms with Crippen molar-refractivity contribution in [3.8, 4) is 0 Å². The van der Waals surface area contributed by atoms with Crippen molar-refractivity contribution in [2.24, 2.45) is 5.92 Å². The van der Waals surface area contributed by atoms with Crippen molar-refractivity contribution in [3.63, 3.8) is 0 Å². The fraction of sp³-hybridized carbons (Fsp3) is 1.00. The second-order valence-electron chi connectivity index (χ2n) is 5.78. The first-order chi connectivity index (χ1) is 8.38. The monoisotopic (exact) mass is 240 g/mol. The fourth-order valence-electron chi connectivity index (χ4n) is 3.39. The summed E-state index contributed by atoms with van der Waals surface area (Å²) in [4.78, 5) is 2.65. The number of nitrogens with one attached hydrogen (secondary N) is 1. The molecular weight excluding hydrogens is 212 g/mol. The van der Waals surface area contributed by atoms with Gasteiger partial charge in [-0.15, -0.1) is 0 Å². The predicted octanol–water partition coefficient (Wildman–Crippen LogP) is 1.61. The lowest BCUT2D eigenvalue weighted by molar-refractivity contribution is 0.146. The standard InChI is InChI=1S/C14H28N2O/c17-10-8-15-14-7-4-9-16(12-14)11-13-5-2-1-3-6-13/h13-15,17H,1-12H2. The van der Waals surface area contributed by atoms with Crippen molar-refractivity contribution in [1.29, 1.82) is 0 Å². The van der Waals surface area contributed by atoms with Crippen LogP contribution in [-0.4, -0.2) is 48.8 Å². The summed E-state index contributed by atoms with van der Waals surface area (Å²) in [6.45, 7) is 4.81. The van der Waals surface area contributed by atoms with Crippen LogP contribution < -0.4 is 5.32 Å². The van der Waals surface area contributed by atoms with E-state index in [9.17, 15) is 0 Å². The van der Waals surface area contributed by atoms with E-state index >= 15 is 0 Å². The zero-order valence-corrected chi connectivity index (χ0v) is 11.0. The maximum absolute atomic E-state index is 8.85. The summed E-state index contributed by atoms with van der Waals surface area (Å²) in [7, 11) is 0. The lowest BCUT2D eigenvalue weighted by Gasteiger charge is -2.36. The maximum Gasteiger partial charge on any atom is 0.0556 e. The highest BCUT2D eigenvalue weighted by molar-refractivity contribution is 4.80. The molecule has 3 nitrogen and oxygen atoms in total. The van der Waals surface area contributed by atoms with E-state index in [1.54, 1.807) is 0 Å². The summed E-state index contributed by atoms with van der Waals surface area (Å²) in [5.74, 6) is 0.959. The molecule has 2 rings (SSSR count). The van der Waals surface area contributed by atoms with E-state index in [2.05, 4.69) is 10.2 Å². The van der Waals surface area contributed by atoms with E-state index in [1.807, 2.05) is 0 Å². The van der Waals surface area contributed by atoms with Crippen LogP contribution in [0.4, 0.5) is 0 Å². The van der Waals surface area contributed by atoms with Gasteiger partial charge in [0.1, 0.15) is 0 Å². The number of aliphatic hydroxyl groups excluding tert-OH is 1. The van der Waals surface area contributed by atoms with Gasteiger partial charge in [0, 0.05) is 25.7 Å². The zero-order valence-electron chi connectivity index (χ0n) is 11.0. The average Bonchev–Trinajstić information content (AvgIpc) is 2.38. The quantitative estimate of drug-likeness (QED) is 0.766. The van der Waals surface area contributed by atoms with Crippen molar-refractivity contribution in [2.45, 2.75) is 51.0 Å². The Morgan fingerprint density at radius 2 is 1.88 bits per heavy atom. The molecule has 1 unspecified atom stereocenters. The maximum atomic E-state index is 8.85. The van der Waals surface area contributed by atoms with Crippen LogP contribution in [0.15, 0.2) is 0 Å². The van der Waals surface area contributed by atoms with Crippen molar-refractivity contribution >= 4 is 0 Å². The molecule has 17 heavy (non-hydrogen) atoms. The van der Waals surface area contributed by atoms with Crippen LogP contribution in [0.1, 0.15) is 44.9 Å². The highest BCUT2D eigenvalue weighted by atomic mass is 16.3. The van der Waals surface area contributed by atoms with E-state index in [0.717, 1.165) is 12.5 Å². The van der Waals surface area contributed by atoms with Gasteiger partial charge in [0.15, 0.2) is 0 Å². The summed E-state index contributed by atoms with van der Waals surface area (Å²) in [5.41, 5.74) is 0. The smallest absolute Gasteiger partial charge is 0.0556 e. The van der Waals surface area contributed by atoms with Gasteiger partial charge in [-0.1, -0.05) is 19.3 Å². The lowest BCUT2D eigenvalue weighted by atomic mass is 9.88. The Morgan fingerprint density at radius 3 is 2.65 bits per heavy atom. The molecule has 1 saturated carbocycles. The van der Waals surface area contributed by atoms with E-state index in [0.29, 0.717) is 6.04 Å². The minimum absolute atomic E-state index is 0.263. The molecule has 1 aliphatic carbocycles.